The lowest BCUT2D eigenvalue weighted by Crippen LogP contribution is -2.34. The van der Waals surface area contributed by atoms with E-state index in [1.807, 2.05) is 0 Å². The molecule has 7 aromatic rings. The van der Waals surface area contributed by atoms with E-state index in [9.17, 15) is 0 Å². The Bertz CT molecular complexity index is 3200. The summed E-state index contributed by atoms with van der Waals surface area (Å²) in [6.07, 6.45) is 4.64. The Morgan fingerprint density at radius 1 is 0.289 bits per heavy atom. The van der Waals surface area contributed by atoms with Gasteiger partial charge in [0, 0.05) is 39.6 Å². The predicted octanol–water partition coefficient (Wildman–Crippen LogP) is 21.8. The number of rotatable bonds is 8. The molecule has 0 amide bonds. The first-order chi connectivity index (χ1) is 35.2. The summed E-state index contributed by atoms with van der Waals surface area (Å²) in [6.45, 7) is 47.7. The van der Waals surface area contributed by atoms with Gasteiger partial charge in [0.1, 0.15) is 0 Å². The molecular formula is C74H92N2. The Labute approximate surface area is 461 Å². The minimum absolute atomic E-state index is 0.00174. The fourth-order valence-corrected chi connectivity index (χ4v) is 12.2. The molecule has 0 spiro atoms. The van der Waals surface area contributed by atoms with Crippen molar-refractivity contribution in [1.82, 2.24) is 0 Å². The van der Waals surface area contributed by atoms with Crippen LogP contribution in [0.25, 0.3) is 22.3 Å². The van der Waals surface area contributed by atoms with Crippen LogP contribution in [0.5, 0.6) is 0 Å². The molecular weight excluding hydrogens is 917 g/mol. The lowest BCUT2D eigenvalue weighted by molar-refractivity contribution is 0.332. The van der Waals surface area contributed by atoms with E-state index in [0.717, 1.165) is 35.6 Å². The first kappa shape index (κ1) is 54.9. The van der Waals surface area contributed by atoms with Crippen molar-refractivity contribution >= 4 is 34.1 Å². The van der Waals surface area contributed by atoms with Crippen molar-refractivity contribution in [3.05, 3.63) is 190 Å². The van der Waals surface area contributed by atoms with Gasteiger partial charge in [-0.3, -0.25) is 0 Å². The SMILES string of the molecule is CC(C)(C)c1ccc(N(c2ccc(C(C)(C)C)cc2)c2cc(N(c3ccc4c(c3)C(C)(C)CCC4(C)C)c3c(-c4ccccc4)cc(C(C)(C)C)cc3-c3ccc4c(c3)C(C)(C)CCC4(C)C)cc(C(C)(C)C)c2)cc1. The van der Waals surface area contributed by atoms with Gasteiger partial charge in [0.05, 0.1) is 5.69 Å². The van der Waals surface area contributed by atoms with Crippen molar-refractivity contribution < 1.29 is 0 Å². The van der Waals surface area contributed by atoms with Crippen LogP contribution in [0.3, 0.4) is 0 Å². The summed E-state index contributed by atoms with van der Waals surface area (Å²) < 4.78 is 0. The van der Waals surface area contributed by atoms with Crippen LogP contribution in [0.1, 0.15) is 209 Å². The summed E-state index contributed by atoms with van der Waals surface area (Å²) in [4.78, 5) is 5.18. The van der Waals surface area contributed by atoms with Crippen LogP contribution < -0.4 is 9.80 Å². The maximum absolute atomic E-state index is 2.68. The second-order valence-electron chi connectivity index (χ2n) is 29.8. The monoisotopic (exact) mass is 1010 g/mol. The number of benzene rings is 7. The fraction of sp³-hybridized carbons (Fsp3) is 0.432. The molecule has 0 N–H and O–H groups in total. The molecule has 0 unspecified atom stereocenters. The summed E-state index contributed by atoms with van der Waals surface area (Å²) in [6, 6.07) is 57.5. The summed E-state index contributed by atoms with van der Waals surface area (Å²) >= 11 is 0. The highest BCUT2D eigenvalue weighted by Crippen LogP contribution is 2.55. The molecule has 2 heteroatoms. The van der Waals surface area contributed by atoms with E-state index >= 15 is 0 Å². The van der Waals surface area contributed by atoms with Crippen molar-refractivity contribution in [2.24, 2.45) is 0 Å². The molecule has 2 nitrogen and oxygen atoms in total. The maximum atomic E-state index is 2.68. The Kier molecular flexibility index (Phi) is 13.7. The normalized spacial score (nSPS) is 16.9. The second kappa shape index (κ2) is 19.0. The van der Waals surface area contributed by atoms with Crippen LogP contribution in [0.15, 0.2) is 146 Å². The largest absolute Gasteiger partial charge is 0.310 e. The molecule has 0 aliphatic heterocycles. The molecule has 398 valence electrons. The quantitative estimate of drug-likeness (QED) is 0.150. The van der Waals surface area contributed by atoms with Crippen molar-refractivity contribution in [1.29, 1.82) is 0 Å². The predicted molar refractivity (Wildman–Crippen MR) is 332 cm³/mol. The molecule has 0 atom stereocenters. The molecule has 0 aromatic heterocycles. The minimum Gasteiger partial charge on any atom is -0.310 e. The highest BCUT2D eigenvalue weighted by atomic mass is 15.2. The van der Waals surface area contributed by atoms with Crippen LogP contribution in [-0.4, -0.2) is 0 Å². The molecule has 9 rings (SSSR count). The Hall–Kier alpha value is -5.86. The standard InChI is InChI=1S/C74H92N2/c1-67(2,3)51-27-31-55(32-28-51)75(56-33-29-52(30-34-56)68(4,5)6)58-43-53(69(7,8)9)44-59(47-58)76(57-35-37-63-65(48-57)74(19,20)41-39-72(63,15)16)66-60(49-24-22-21-23-25-49)45-54(70(10,11)12)46-61(66)50-26-36-62-64(42-50)73(17,18)40-38-71(62,13)14/h21-37,42-48H,38-41H2,1-20H3. The number of hydrogen-bond donors (Lipinski definition) is 0. The van der Waals surface area contributed by atoms with Gasteiger partial charge < -0.3 is 9.80 Å². The molecule has 0 saturated heterocycles. The van der Waals surface area contributed by atoms with Gasteiger partial charge in [0.25, 0.3) is 0 Å². The maximum Gasteiger partial charge on any atom is 0.0618 e. The lowest BCUT2D eigenvalue weighted by atomic mass is 9.63. The highest BCUT2D eigenvalue weighted by molar-refractivity contribution is 5.99. The molecule has 2 aliphatic rings. The van der Waals surface area contributed by atoms with Crippen LogP contribution in [0.4, 0.5) is 34.1 Å². The molecule has 7 aromatic carbocycles. The summed E-state index contributed by atoms with van der Waals surface area (Å²) in [5, 5.41) is 0. The van der Waals surface area contributed by atoms with Gasteiger partial charge in [-0.1, -0.05) is 217 Å². The zero-order valence-electron chi connectivity index (χ0n) is 50.6. The molecule has 2 aliphatic carbocycles. The first-order valence-corrected chi connectivity index (χ1v) is 28.7. The molecule has 0 fully saturated rings. The highest BCUT2D eigenvalue weighted by Gasteiger charge is 2.40. The lowest BCUT2D eigenvalue weighted by Gasteiger charge is -2.43. The van der Waals surface area contributed by atoms with E-state index in [2.05, 4.69) is 294 Å². The van der Waals surface area contributed by atoms with Crippen LogP contribution in [0, 0.1) is 0 Å². The van der Waals surface area contributed by atoms with Gasteiger partial charge in [-0.25, -0.2) is 0 Å². The third-order valence-corrected chi connectivity index (χ3v) is 17.8. The van der Waals surface area contributed by atoms with Crippen molar-refractivity contribution in [2.75, 3.05) is 9.80 Å². The Morgan fingerprint density at radius 2 is 0.658 bits per heavy atom. The van der Waals surface area contributed by atoms with E-state index < -0.39 is 0 Å². The van der Waals surface area contributed by atoms with Gasteiger partial charge >= 0.3 is 0 Å². The zero-order valence-corrected chi connectivity index (χ0v) is 50.6. The van der Waals surface area contributed by atoms with Crippen LogP contribution >= 0.6 is 0 Å². The van der Waals surface area contributed by atoms with Gasteiger partial charge in [0.2, 0.25) is 0 Å². The number of hydrogen-bond acceptors (Lipinski definition) is 2. The smallest absolute Gasteiger partial charge is 0.0618 e. The minimum atomic E-state index is -0.186. The number of fused-ring (bicyclic) bond motifs is 2. The van der Waals surface area contributed by atoms with Gasteiger partial charge in [-0.15, -0.1) is 0 Å². The summed E-state index contributed by atoms with van der Waals surface area (Å²) in [5.74, 6) is 0. The molecule has 0 heterocycles. The zero-order chi connectivity index (χ0) is 55.3. The van der Waals surface area contributed by atoms with E-state index in [-0.39, 0.29) is 43.3 Å². The topological polar surface area (TPSA) is 6.48 Å². The summed E-state index contributed by atoms with van der Waals surface area (Å²) in [5.41, 5.74) is 22.9. The van der Waals surface area contributed by atoms with E-state index in [0.29, 0.717) is 0 Å². The van der Waals surface area contributed by atoms with E-state index in [1.54, 1.807) is 0 Å². The van der Waals surface area contributed by atoms with Gasteiger partial charge in [-0.2, -0.15) is 0 Å². The Balaban J connectivity index is 1.44. The average Bonchev–Trinajstić information content (AvgIpc) is 3.39. The Morgan fingerprint density at radius 3 is 1.11 bits per heavy atom. The number of nitrogens with zero attached hydrogens (tertiary/aromatic N) is 2. The van der Waals surface area contributed by atoms with Gasteiger partial charge in [0.15, 0.2) is 0 Å². The average molecular weight is 1010 g/mol. The third kappa shape index (κ3) is 10.6. The summed E-state index contributed by atoms with van der Waals surface area (Å²) in [7, 11) is 0. The fourth-order valence-electron chi connectivity index (χ4n) is 12.2. The first-order valence-electron chi connectivity index (χ1n) is 28.7. The van der Waals surface area contributed by atoms with Crippen molar-refractivity contribution in [3.8, 4) is 22.3 Å². The molecule has 76 heavy (non-hydrogen) atoms. The molecule has 0 radical (unpaired) electrons. The molecule has 0 saturated carbocycles. The molecule has 0 bridgehead atoms. The van der Waals surface area contributed by atoms with Gasteiger partial charge in [-0.05, 0) is 191 Å². The third-order valence-electron chi connectivity index (χ3n) is 17.8. The van der Waals surface area contributed by atoms with Crippen LogP contribution in [-0.2, 0) is 43.3 Å². The number of anilines is 6. The van der Waals surface area contributed by atoms with Crippen molar-refractivity contribution in [3.63, 3.8) is 0 Å². The van der Waals surface area contributed by atoms with Crippen LogP contribution in [0.2, 0.25) is 0 Å². The van der Waals surface area contributed by atoms with Crippen molar-refractivity contribution in [2.45, 2.75) is 207 Å². The van der Waals surface area contributed by atoms with E-state index in [4.69, 9.17) is 0 Å². The van der Waals surface area contributed by atoms with E-state index in [1.165, 1.54) is 91.0 Å². The second-order valence-corrected chi connectivity index (χ2v) is 29.8.